The lowest BCUT2D eigenvalue weighted by atomic mass is 9.85. The summed E-state index contributed by atoms with van der Waals surface area (Å²) in [5, 5.41) is 0. The average Bonchev–Trinajstić information content (AvgIpc) is 2.39. The van der Waals surface area contributed by atoms with Crippen molar-refractivity contribution in [1.29, 1.82) is 0 Å². The van der Waals surface area contributed by atoms with Crippen LogP contribution in [0.15, 0.2) is 18.3 Å². The lowest BCUT2D eigenvalue weighted by molar-refractivity contribution is 0.115. The van der Waals surface area contributed by atoms with E-state index in [0.717, 1.165) is 30.2 Å². The Hall–Kier alpha value is -1.09. The number of pyridine rings is 1. The number of rotatable bonds is 4. The van der Waals surface area contributed by atoms with E-state index in [1.54, 1.807) is 6.20 Å². The van der Waals surface area contributed by atoms with E-state index in [9.17, 15) is 0 Å². The minimum absolute atomic E-state index is 0.0285. The molecule has 0 bridgehead atoms. The number of hydrogen-bond donors (Lipinski definition) is 1. The van der Waals surface area contributed by atoms with Gasteiger partial charge in [-0.1, -0.05) is 25.8 Å². The predicted octanol–water partition coefficient (Wildman–Crippen LogP) is 3.45. The zero-order valence-electron chi connectivity index (χ0n) is 11.4. The van der Waals surface area contributed by atoms with Crippen molar-refractivity contribution in [3.8, 4) is 5.88 Å². The van der Waals surface area contributed by atoms with Gasteiger partial charge in [-0.3, -0.25) is 0 Å². The minimum Gasteiger partial charge on any atom is -0.474 e. The van der Waals surface area contributed by atoms with Crippen molar-refractivity contribution in [2.24, 2.45) is 11.7 Å². The van der Waals surface area contributed by atoms with E-state index in [4.69, 9.17) is 10.5 Å². The van der Waals surface area contributed by atoms with Crippen LogP contribution in [0.25, 0.3) is 0 Å². The summed E-state index contributed by atoms with van der Waals surface area (Å²) in [5.41, 5.74) is 6.96. The molecule has 0 spiro atoms. The monoisotopic (exact) mass is 248 g/mol. The van der Waals surface area contributed by atoms with Gasteiger partial charge < -0.3 is 10.5 Å². The van der Waals surface area contributed by atoms with Crippen LogP contribution in [-0.4, -0.2) is 11.1 Å². The first-order valence-electron chi connectivity index (χ1n) is 7.07. The molecule has 0 saturated heterocycles. The van der Waals surface area contributed by atoms with Crippen molar-refractivity contribution in [3.63, 3.8) is 0 Å². The van der Waals surface area contributed by atoms with Gasteiger partial charge in [-0.25, -0.2) is 4.98 Å². The smallest absolute Gasteiger partial charge is 0.218 e. The third-order valence-corrected chi connectivity index (χ3v) is 3.88. The van der Waals surface area contributed by atoms with Gasteiger partial charge in [0, 0.05) is 17.8 Å². The van der Waals surface area contributed by atoms with Gasteiger partial charge in [0.2, 0.25) is 5.88 Å². The topological polar surface area (TPSA) is 48.1 Å². The van der Waals surface area contributed by atoms with E-state index in [0.29, 0.717) is 6.10 Å². The molecule has 0 radical (unpaired) electrons. The van der Waals surface area contributed by atoms with Gasteiger partial charge in [-0.15, -0.1) is 0 Å². The van der Waals surface area contributed by atoms with E-state index in [2.05, 4.69) is 11.9 Å². The molecule has 1 heterocycles. The lowest BCUT2D eigenvalue weighted by Gasteiger charge is -2.29. The Morgan fingerprint density at radius 2 is 2.33 bits per heavy atom. The molecule has 3 atom stereocenters. The third-order valence-electron chi connectivity index (χ3n) is 3.88. The maximum atomic E-state index is 6.09. The molecule has 2 unspecified atom stereocenters. The second-order valence-corrected chi connectivity index (χ2v) is 5.37. The molecular formula is C15H24N2O. The molecule has 1 fully saturated rings. The molecule has 0 aromatic carbocycles. The first-order chi connectivity index (χ1) is 8.70. The van der Waals surface area contributed by atoms with Gasteiger partial charge in [-0.05, 0) is 38.2 Å². The van der Waals surface area contributed by atoms with Crippen molar-refractivity contribution in [2.75, 3.05) is 0 Å². The molecule has 2 rings (SSSR count). The van der Waals surface area contributed by atoms with Crippen LogP contribution in [0.1, 0.15) is 57.6 Å². The molecule has 0 amide bonds. The number of hydrogen-bond acceptors (Lipinski definition) is 3. The van der Waals surface area contributed by atoms with Crippen LogP contribution in [0.4, 0.5) is 0 Å². The van der Waals surface area contributed by atoms with E-state index in [1.807, 2.05) is 19.1 Å². The molecular weight excluding hydrogens is 224 g/mol. The maximum Gasteiger partial charge on any atom is 0.218 e. The van der Waals surface area contributed by atoms with Crippen molar-refractivity contribution in [3.05, 3.63) is 23.9 Å². The number of nitrogens with two attached hydrogens (primary N) is 1. The zero-order valence-corrected chi connectivity index (χ0v) is 11.4. The fraction of sp³-hybridized carbons (Fsp3) is 0.667. The maximum absolute atomic E-state index is 6.09. The highest BCUT2D eigenvalue weighted by molar-refractivity contribution is 5.28. The van der Waals surface area contributed by atoms with E-state index in [-0.39, 0.29) is 6.04 Å². The van der Waals surface area contributed by atoms with E-state index in [1.165, 1.54) is 19.3 Å². The van der Waals surface area contributed by atoms with Crippen LogP contribution >= 0.6 is 0 Å². The number of nitrogens with zero attached hydrogens (tertiary/aromatic N) is 1. The second-order valence-electron chi connectivity index (χ2n) is 5.37. The Labute approximate surface area is 110 Å². The Balaban J connectivity index is 2.04. The summed E-state index contributed by atoms with van der Waals surface area (Å²) in [4.78, 5) is 4.34. The normalized spacial score (nSPS) is 25.7. The molecule has 1 aromatic rings. The summed E-state index contributed by atoms with van der Waals surface area (Å²) < 4.78 is 6.09. The Morgan fingerprint density at radius 3 is 3.06 bits per heavy atom. The first kappa shape index (κ1) is 13.3. The van der Waals surface area contributed by atoms with Crippen LogP contribution in [0.5, 0.6) is 5.88 Å². The molecule has 1 aliphatic carbocycles. The van der Waals surface area contributed by atoms with Crippen LogP contribution < -0.4 is 10.5 Å². The quantitative estimate of drug-likeness (QED) is 0.887. The van der Waals surface area contributed by atoms with Gasteiger partial charge in [0.05, 0.1) is 0 Å². The third kappa shape index (κ3) is 3.22. The van der Waals surface area contributed by atoms with Crippen LogP contribution in [0.2, 0.25) is 0 Å². The minimum atomic E-state index is -0.0285. The summed E-state index contributed by atoms with van der Waals surface area (Å²) in [6.07, 6.45) is 8.26. The highest BCUT2D eigenvalue weighted by atomic mass is 16.5. The summed E-state index contributed by atoms with van der Waals surface area (Å²) in [6, 6.07) is 3.90. The van der Waals surface area contributed by atoms with Gasteiger partial charge >= 0.3 is 0 Å². The van der Waals surface area contributed by atoms with Crippen molar-refractivity contribution in [2.45, 2.75) is 58.1 Å². The van der Waals surface area contributed by atoms with Gasteiger partial charge in [0.15, 0.2) is 0 Å². The van der Waals surface area contributed by atoms with E-state index < -0.39 is 0 Å². The average molecular weight is 248 g/mol. The van der Waals surface area contributed by atoms with Crippen molar-refractivity contribution >= 4 is 0 Å². The van der Waals surface area contributed by atoms with Crippen LogP contribution in [-0.2, 0) is 0 Å². The summed E-state index contributed by atoms with van der Waals surface area (Å²) in [6.45, 7) is 4.24. The Bertz CT molecular complexity index is 379. The van der Waals surface area contributed by atoms with Crippen molar-refractivity contribution < 1.29 is 4.74 Å². The second kappa shape index (κ2) is 6.19. The fourth-order valence-electron chi connectivity index (χ4n) is 2.73. The first-order valence-corrected chi connectivity index (χ1v) is 7.07. The van der Waals surface area contributed by atoms with E-state index >= 15 is 0 Å². The standard InChI is InChI=1S/C15H24N2O/c1-3-12-6-4-7-13(10-12)18-15-14(11(2)16)8-5-9-17-15/h5,8-9,11-13H,3-4,6-7,10,16H2,1-2H3/t11-,12?,13?/m0/s1. The molecule has 1 aromatic heterocycles. The zero-order chi connectivity index (χ0) is 13.0. The molecule has 100 valence electrons. The summed E-state index contributed by atoms with van der Waals surface area (Å²) in [5.74, 6) is 1.54. The fourth-order valence-corrected chi connectivity index (χ4v) is 2.73. The Morgan fingerprint density at radius 1 is 1.50 bits per heavy atom. The highest BCUT2D eigenvalue weighted by Crippen LogP contribution is 2.30. The number of ether oxygens (including phenoxy) is 1. The largest absolute Gasteiger partial charge is 0.474 e. The molecule has 18 heavy (non-hydrogen) atoms. The SMILES string of the molecule is CCC1CCCC(Oc2ncccc2[C@H](C)N)C1. The van der Waals surface area contributed by atoms with Gasteiger partial charge in [-0.2, -0.15) is 0 Å². The number of aromatic nitrogens is 1. The Kier molecular flexibility index (Phi) is 4.59. The predicted molar refractivity (Wildman–Crippen MR) is 73.5 cm³/mol. The van der Waals surface area contributed by atoms with Crippen LogP contribution in [0.3, 0.4) is 0 Å². The molecule has 3 nitrogen and oxygen atoms in total. The van der Waals surface area contributed by atoms with Gasteiger partial charge in [0.25, 0.3) is 0 Å². The molecule has 1 saturated carbocycles. The molecule has 0 aliphatic heterocycles. The van der Waals surface area contributed by atoms with Crippen molar-refractivity contribution in [1.82, 2.24) is 4.98 Å². The van der Waals surface area contributed by atoms with Crippen LogP contribution in [0, 0.1) is 5.92 Å². The lowest BCUT2D eigenvalue weighted by Crippen LogP contribution is -2.26. The van der Waals surface area contributed by atoms with Gasteiger partial charge in [0.1, 0.15) is 6.10 Å². The molecule has 2 N–H and O–H groups in total. The highest BCUT2D eigenvalue weighted by Gasteiger charge is 2.23. The molecule has 3 heteroatoms. The summed E-state index contributed by atoms with van der Waals surface area (Å²) in [7, 11) is 0. The summed E-state index contributed by atoms with van der Waals surface area (Å²) >= 11 is 0. The molecule has 1 aliphatic rings.